The lowest BCUT2D eigenvalue weighted by Gasteiger charge is -2.26. The fourth-order valence-electron chi connectivity index (χ4n) is 2.06. The zero-order valence-electron chi connectivity index (χ0n) is 11.6. The molecular formula is C15H15ClN2O3. The number of halogens is 1. The molecule has 5 nitrogen and oxygen atoms in total. The largest absolute Gasteiger partial charge is 0.479 e. The molecule has 0 fully saturated rings. The molecule has 1 amide bonds. The van der Waals surface area contributed by atoms with Crippen molar-refractivity contribution in [2.45, 2.75) is 12.5 Å². The summed E-state index contributed by atoms with van der Waals surface area (Å²) in [6, 6.07) is 10.0. The van der Waals surface area contributed by atoms with Crippen LogP contribution in [0.3, 0.4) is 0 Å². The average molecular weight is 307 g/mol. The molecule has 6 heteroatoms. The van der Waals surface area contributed by atoms with Crippen molar-refractivity contribution in [3.05, 3.63) is 58.9 Å². The molecule has 1 aromatic carbocycles. The minimum atomic E-state index is -1.52. The van der Waals surface area contributed by atoms with E-state index in [1.807, 2.05) is 0 Å². The molecule has 2 rings (SSSR count). The zero-order valence-corrected chi connectivity index (χ0v) is 12.4. The summed E-state index contributed by atoms with van der Waals surface area (Å²) >= 11 is 5.84. The number of benzene rings is 1. The molecule has 2 N–H and O–H groups in total. The van der Waals surface area contributed by atoms with Crippen LogP contribution in [-0.2, 0) is 17.4 Å². The van der Waals surface area contributed by atoms with Gasteiger partial charge in [0.15, 0.2) is 5.54 Å². The maximum absolute atomic E-state index is 12.3. The molecule has 1 atom stereocenters. The number of carbonyl (C=O) groups excluding carboxylic acids is 1. The first-order valence-electron chi connectivity index (χ1n) is 6.28. The first-order valence-corrected chi connectivity index (χ1v) is 6.65. The summed E-state index contributed by atoms with van der Waals surface area (Å²) in [6.45, 7) is 1.45. The van der Waals surface area contributed by atoms with E-state index in [-0.39, 0.29) is 0 Å². The molecule has 21 heavy (non-hydrogen) atoms. The predicted octanol–water partition coefficient (Wildman–Crippen LogP) is 2.41. The summed E-state index contributed by atoms with van der Waals surface area (Å²) in [5.74, 6) is -1.64. The monoisotopic (exact) mass is 306 g/mol. The molecule has 110 valence electrons. The number of hydrogen-bond donors (Lipinski definition) is 2. The third-order valence-electron chi connectivity index (χ3n) is 3.35. The van der Waals surface area contributed by atoms with E-state index in [1.54, 1.807) is 48.1 Å². The number of carbonyl (C=O) groups is 2. The normalized spacial score (nSPS) is 13.5. The van der Waals surface area contributed by atoms with Gasteiger partial charge < -0.3 is 15.0 Å². The van der Waals surface area contributed by atoms with Crippen LogP contribution in [0.1, 0.15) is 23.0 Å². The van der Waals surface area contributed by atoms with Crippen molar-refractivity contribution in [2.75, 3.05) is 0 Å². The van der Waals surface area contributed by atoms with Crippen LogP contribution < -0.4 is 5.32 Å². The van der Waals surface area contributed by atoms with Gasteiger partial charge in [-0.25, -0.2) is 4.79 Å². The third kappa shape index (κ3) is 2.92. The number of rotatable bonds is 4. The Bertz CT molecular complexity index is 681. The molecular weight excluding hydrogens is 292 g/mol. The van der Waals surface area contributed by atoms with Gasteiger partial charge in [-0.1, -0.05) is 41.9 Å². The molecule has 1 heterocycles. The van der Waals surface area contributed by atoms with Crippen molar-refractivity contribution in [1.29, 1.82) is 0 Å². The second-order valence-corrected chi connectivity index (χ2v) is 5.34. The highest BCUT2D eigenvalue weighted by atomic mass is 35.5. The molecule has 0 radical (unpaired) electrons. The number of aliphatic carboxylic acids is 1. The number of aryl methyl sites for hydroxylation is 1. The van der Waals surface area contributed by atoms with E-state index in [0.29, 0.717) is 16.3 Å². The van der Waals surface area contributed by atoms with Crippen LogP contribution in [0.5, 0.6) is 0 Å². The highest BCUT2D eigenvalue weighted by Crippen LogP contribution is 2.22. The fraction of sp³-hybridized carbons (Fsp3) is 0.200. The second-order valence-electron chi connectivity index (χ2n) is 4.90. The number of aromatic nitrogens is 1. The Morgan fingerprint density at radius 1 is 1.29 bits per heavy atom. The van der Waals surface area contributed by atoms with Crippen LogP contribution in [0, 0.1) is 0 Å². The third-order valence-corrected chi connectivity index (χ3v) is 3.55. The summed E-state index contributed by atoms with van der Waals surface area (Å²) in [6.07, 6.45) is 1.58. The molecule has 2 aromatic rings. The van der Waals surface area contributed by atoms with Gasteiger partial charge in [0.2, 0.25) is 0 Å². The van der Waals surface area contributed by atoms with E-state index in [9.17, 15) is 14.7 Å². The Hall–Kier alpha value is -2.27. The topological polar surface area (TPSA) is 71.3 Å². The van der Waals surface area contributed by atoms with E-state index < -0.39 is 17.4 Å². The van der Waals surface area contributed by atoms with E-state index in [4.69, 9.17) is 11.6 Å². The maximum Gasteiger partial charge on any atom is 0.333 e. The molecule has 0 saturated heterocycles. The van der Waals surface area contributed by atoms with Gasteiger partial charge in [-0.05, 0) is 18.6 Å². The van der Waals surface area contributed by atoms with Gasteiger partial charge in [-0.2, -0.15) is 0 Å². The van der Waals surface area contributed by atoms with Crippen LogP contribution in [0.15, 0.2) is 42.6 Å². The molecule has 0 bridgehead atoms. The Balaban J connectivity index is 2.35. The number of hydrogen-bond acceptors (Lipinski definition) is 2. The highest BCUT2D eigenvalue weighted by molar-refractivity contribution is 6.31. The van der Waals surface area contributed by atoms with Gasteiger partial charge in [-0.15, -0.1) is 0 Å². The van der Waals surface area contributed by atoms with Crippen LogP contribution in [0.2, 0.25) is 5.02 Å². The number of amides is 1. The smallest absolute Gasteiger partial charge is 0.333 e. The summed E-state index contributed by atoms with van der Waals surface area (Å²) < 4.78 is 1.55. The molecule has 0 spiro atoms. The highest BCUT2D eigenvalue weighted by Gasteiger charge is 2.37. The first-order chi connectivity index (χ1) is 9.84. The molecule has 0 aliphatic carbocycles. The predicted molar refractivity (Wildman–Crippen MR) is 79.3 cm³/mol. The summed E-state index contributed by atoms with van der Waals surface area (Å²) in [7, 11) is 1.67. The Morgan fingerprint density at radius 3 is 2.38 bits per heavy atom. The van der Waals surface area contributed by atoms with Crippen molar-refractivity contribution in [3.63, 3.8) is 0 Å². The maximum atomic E-state index is 12.3. The molecule has 0 aliphatic heterocycles. The van der Waals surface area contributed by atoms with Gasteiger partial charge >= 0.3 is 5.97 Å². The van der Waals surface area contributed by atoms with E-state index in [0.717, 1.165) is 0 Å². The number of nitrogens with zero attached hydrogens (tertiary/aromatic N) is 1. The average Bonchev–Trinajstić information content (AvgIpc) is 2.78. The van der Waals surface area contributed by atoms with E-state index in [2.05, 4.69) is 5.32 Å². The van der Waals surface area contributed by atoms with Crippen LogP contribution in [0.4, 0.5) is 0 Å². The van der Waals surface area contributed by atoms with Crippen molar-refractivity contribution >= 4 is 23.5 Å². The van der Waals surface area contributed by atoms with E-state index >= 15 is 0 Å². The lowest BCUT2D eigenvalue weighted by atomic mass is 9.92. The number of nitrogens with one attached hydrogen (secondary N) is 1. The van der Waals surface area contributed by atoms with Crippen LogP contribution >= 0.6 is 11.6 Å². The molecule has 0 saturated carbocycles. The lowest BCUT2D eigenvalue weighted by molar-refractivity contribution is -0.144. The summed E-state index contributed by atoms with van der Waals surface area (Å²) in [4.78, 5) is 23.9. The van der Waals surface area contributed by atoms with E-state index in [1.165, 1.54) is 13.0 Å². The zero-order chi connectivity index (χ0) is 15.6. The standard InChI is InChI=1S/C15H15ClN2O3/c1-15(14(20)21,10-6-4-3-5-7-10)17-13(19)12-8-11(16)9-18(12)2/h3-9H,1-2H3,(H,17,19)(H,20,21). The van der Waals surface area contributed by atoms with Gasteiger partial charge in [0.05, 0.1) is 5.02 Å². The molecule has 0 aliphatic rings. The number of carboxylic acids is 1. The van der Waals surface area contributed by atoms with Crippen molar-refractivity contribution < 1.29 is 14.7 Å². The van der Waals surface area contributed by atoms with Crippen LogP contribution in [0.25, 0.3) is 0 Å². The molecule has 1 aromatic heterocycles. The minimum Gasteiger partial charge on any atom is -0.479 e. The lowest BCUT2D eigenvalue weighted by Crippen LogP contribution is -2.49. The molecule has 1 unspecified atom stereocenters. The SMILES string of the molecule is Cn1cc(Cl)cc1C(=O)NC(C)(C(=O)O)c1ccccc1. The fourth-order valence-corrected chi connectivity index (χ4v) is 2.31. The van der Waals surface area contributed by atoms with Gasteiger partial charge in [0.25, 0.3) is 5.91 Å². The van der Waals surface area contributed by atoms with Crippen molar-refractivity contribution in [2.24, 2.45) is 7.05 Å². The first kappa shape index (κ1) is 15.1. The summed E-state index contributed by atoms with van der Waals surface area (Å²) in [5.41, 5.74) is -0.732. The van der Waals surface area contributed by atoms with Crippen molar-refractivity contribution in [1.82, 2.24) is 9.88 Å². The number of carboxylic acid groups (broad SMARTS) is 1. The summed E-state index contributed by atoms with van der Waals surface area (Å²) in [5, 5.41) is 12.5. The Morgan fingerprint density at radius 2 is 1.90 bits per heavy atom. The van der Waals surface area contributed by atoms with Gasteiger partial charge in [0.1, 0.15) is 5.69 Å². The minimum absolute atomic E-state index is 0.295. The Labute approximate surface area is 127 Å². The van der Waals surface area contributed by atoms with Crippen molar-refractivity contribution in [3.8, 4) is 0 Å². The quantitative estimate of drug-likeness (QED) is 0.911. The van der Waals surface area contributed by atoms with Gasteiger partial charge in [0, 0.05) is 13.2 Å². The Kier molecular flexibility index (Phi) is 4.04. The van der Waals surface area contributed by atoms with Crippen LogP contribution in [-0.4, -0.2) is 21.6 Å². The van der Waals surface area contributed by atoms with Gasteiger partial charge in [-0.3, -0.25) is 4.79 Å². The second kappa shape index (κ2) is 5.61.